The molecule has 2 N–H and O–H groups in total. The van der Waals surface area contributed by atoms with Gasteiger partial charge in [-0.1, -0.05) is 28.1 Å². The Kier molecular flexibility index (Phi) is 2.67. The molecular weight excluding hydrogens is 230 g/mol. The molecular formula is C10H12BrNO. The molecule has 1 heterocycles. The normalized spacial score (nSPS) is 21.2. The molecule has 0 aliphatic carbocycles. The number of halogens is 1. The summed E-state index contributed by atoms with van der Waals surface area (Å²) in [6.07, 6.45) is 0. The second-order valence-corrected chi connectivity index (χ2v) is 4.17. The van der Waals surface area contributed by atoms with Gasteiger partial charge in [-0.3, -0.25) is 0 Å². The fourth-order valence-corrected chi connectivity index (χ4v) is 2.31. The Morgan fingerprint density at radius 1 is 1.54 bits per heavy atom. The van der Waals surface area contributed by atoms with E-state index in [2.05, 4.69) is 27.3 Å². The van der Waals surface area contributed by atoms with Crippen LogP contribution < -0.4 is 5.32 Å². The Balaban J connectivity index is 2.45. The molecule has 0 fully saturated rings. The molecule has 13 heavy (non-hydrogen) atoms. The Morgan fingerprint density at radius 2 is 2.38 bits per heavy atom. The smallest absolute Gasteiger partial charge is 0.0512 e. The van der Waals surface area contributed by atoms with Crippen molar-refractivity contribution >= 4 is 15.9 Å². The lowest BCUT2D eigenvalue weighted by molar-refractivity contribution is 0.256. The van der Waals surface area contributed by atoms with Gasteiger partial charge in [0.15, 0.2) is 0 Å². The van der Waals surface area contributed by atoms with Gasteiger partial charge in [-0.05, 0) is 17.2 Å². The Labute approximate surface area is 86.1 Å². The molecule has 2 nitrogen and oxygen atoms in total. The first-order valence-electron chi connectivity index (χ1n) is 4.42. The van der Waals surface area contributed by atoms with Gasteiger partial charge in [0.2, 0.25) is 0 Å². The van der Waals surface area contributed by atoms with Crippen LogP contribution in [0.5, 0.6) is 0 Å². The minimum atomic E-state index is 0.219. The second kappa shape index (κ2) is 3.78. The van der Waals surface area contributed by atoms with Gasteiger partial charge in [-0.15, -0.1) is 0 Å². The standard InChI is InChI=1S/C10H12BrNO/c11-10-3-1-2-8-7(6-13)4-12-5-9(8)10/h1-3,7,12-13H,4-6H2. The summed E-state index contributed by atoms with van der Waals surface area (Å²) in [6.45, 7) is 1.99. The van der Waals surface area contributed by atoms with Crippen molar-refractivity contribution in [3.05, 3.63) is 33.8 Å². The molecule has 1 aromatic rings. The van der Waals surface area contributed by atoms with Crippen LogP contribution in [0.2, 0.25) is 0 Å². The quantitative estimate of drug-likeness (QED) is 0.784. The van der Waals surface area contributed by atoms with Crippen molar-refractivity contribution in [3.63, 3.8) is 0 Å². The predicted octanol–water partition coefficient (Wildman–Crippen LogP) is 1.63. The molecule has 0 aromatic heterocycles. The predicted molar refractivity (Wildman–Crippen MR) is 55.7 cm³/mol. The van der Waals surface area contributed by atoms with Gasteiger partial charge < -0.3 is 10.4 Å². The van der Waals surface area contributed by atoms with E-state index < -0.39 is 0 Å². The average molecular weight is 242 g/mol. The number of aliphatic hydroxyl groups excluding tert-OH is 1. The summed E-state index contributed by atoms with van der Waals surface area (Å²) in [5, 5.41) is 12.5. The van der Waals surface area contributed by atoms with Gasteiger partial charge >= 0.3 is 0 Å². The SMILES string of the molecule is OCC1CNCc2c(Br)cccc21. The number of rotatable bonds is 1. The molecule has 70 valence electrons. The Morgan fingerprint density at radius 3 is 3.15 bits per heavy atom. The summed E-state index contributed by atoms with van der Waals surface area (Å²) in [5.74, 6) is 0.251. The van der Waals surface area contributed by atoms with Crippen LogP contribution in [0.3, 0.4) is 0 Å². The lowest BCUT2D eigenvalue weighted by Crippen LogP contribution is -2.30. The highest BCUT2D eigenvalue weighted by Gasteiger charge is 2.19. The average Bonchev–Trinajstić information content (AvgIpc) is 2.18. The summed E-state index contributed by atoms with van der Waals surface area (Å²) in [7, 11) is 0. The molecule has 3 heteroatoms. The van der Waals surface area contributed by atoms with E-state index in [1.165, 1.54) is 11.1 Å². The molecule has 0 amide bonds. The number of fused-ring (bicyclic) bond motifs is 1. The maximum absolute atomic E-state index is 9.17. The van der Waals surface area contributed by atoms with Crippen molar-refractivity contribution in [2.75, 3.05) is 13.2 Å². The van der Waals surface area contributed by atoms with Gasteiger partial charge in [0, 0.05) is 23.5 Å². The molecule has 1 unspecified atom stereocenters. The first-order valence-corrected chi connectivity index (χ1v) is 5.21. The third kappa shape index (κ3) is 1.64. The van der Waals surface area contributed by atoms with Crippen LogP contribution in [0, 0.1) is 0 Å². The van der Waals surface area contributed by atoms with Gasteiger partial charge in [0.25, 0.3) is 0 Å². The third-order valence-corrected chi connectivity index (χ3v) is 3.25. The molecule has 1 aromatic carbocycles. The van der Waals surface area contributed by atoms with E-state index in [0.717, 1.165) is 17.6 Å². The summed E-state index contributed by atoms with van der Waals surface area (Å²) in [5.41, 5.74) is 2.56. The van der Waals surface area contributed by atoms with Gasteiger partial charge in [-0.2, -0.15) is 0 Å². The van der Waals surface area contributed by atoms with Gasteiger partial charge in [-0.25, -0.2) is 0 Å². The summed E-state index contributed by atoms with van der Waals surface area (Å²) in [6, 6.07) is 6.17. The van der Waals surface area contributed by atoms with Crippen LogP contribution >= 0.6 is 15.9 Å². The molecule has 1 atom stereocenters. The van der Waals surface area contributed by atoms with E-state index in [-0.39, 0.29) is 12.5 Å². The zero-order valence-corrected chi connectivity index (χ0v) is 8.84. The highest BCUT2D eigenvalue weighted by molar-refractivity contribution is 9.10. The zero-order valence-electron chi connectivity index (χ0n) is 7.26. The minimum Gasteiger partial charge on any atom is -0.396 e. The topological polar surface area (TPSA) is 32.3 Å². The number of aliphatic hydroxyl groups is 1. The maximum Gasteiger partial charge on any atom is 0.0512 e. The second-order valence-electron chi connectivity index (χ2n) is 3.32. The van der Waals surface area contributed by atoms with Crippen LogP contribution in [0.25, 0.3) is 0 Å². The summed E-state index contributed by atoms with van der Waals surface area (Å²) >= 11 is 3.52. The maximum atomic E-state index is 9.17. The fourth-order valence-electron chi connectivity index (χ4n) is 1.79. The van der Waals surface area contributed by atoms with Crippen LogP contribution in [-0.4, -0.2) is 18.3 Å². The van der Waals surface area contributed by atoms with E-state index in [1.807, 2.05) is 12.1 Å². The zero-order chi connectivity index (χ0) is 9.26. The van der Waals surface area contributed by atoms with Crippen molar-refractivity contribution in [1.82, 2.24) is 5.32 Å². The van der Waals surface area contributed by atoms with Gasteiger partial charge in [0.1, 0.15) is 0 Å². The number of hydrogen-bond donors (Lipinski definition) is 2. The van der Waals surface area contributed by atoms with Crippen molar-refractivity contribution in [2.24, 2.45) is 0 Å². The van der Waals surface area contributed by atoms with Crippen LogP contribution in [0.1, 0.15) is 17.0 Å². The lowest BCUT2D eigenvalue weighted by Gasteiger charge is -2.25. The first-order chi connectivity index (χ1) is 6.33. The van der Waals surface area contributed by atoms with Crippen molar-refractivity contribution < 1.29 is 5.11 Å². The highest BCUT2D eigenvalue weighted by Crippen LogP contribution is 2.28. The number of benzene rings is 1. The highest BCUT2D eigenvalue weighted by atomic mass is 79.9. The molecule has 0 spiro atoms. The summed E-state index contributed by atoms with van der Waals surface area (Å²) in [4.78, 5) is 0. The molecule has 1 aliphatic heterocycles. The van der Waals surface area contributed by atoms with Crippen molar-refractivity contribution in [3.8, 4) is 0 Å². The Bertz CT molecular complexity index is 314. The van der Waals surface area contributed by atoms with E-state index in [9.17, 15) is 5.11 Å². The fraction of sp³-hybridized carbons (Fsp3) is 0.400. The van der Waals surface area contributed by atoms with E-state index in [4.69, 9.17) is 0 Å². The molecule has 1 aliphatic rings. The largest absolute Gasteiger partial charge is 0.396 e. The van der Waals surface area contributed by atoms with Crippen LogP contribution in [0.4, 0.5) is 0 Å². The van der Waals surface area contributed by atoms with E-state index in [1.54, 1.807) is 0 Å². The molecule has 0 saturated carbocycles. The van der Waals surface area contributed by atoms with Crippen molar-refractivity contribution in [2.45, 2.75) is 12.5 Å². The Hall–Kier alpha value is -0.380. The monoisotopic (exact) mass is 241 g/mol. The van der Waals surface area contributed by atoms with Crippen LogP contribution in [-0.2, 0) is 6.54 Å². The molecule has 0 bridgehead atoms. The minimum absolute atomic E-state index is 0.219. The third-order valence-electron chi connectivity index (χ3n) is 2.51. The molecule has 0 radical (unpaired) electrons. The molecule has 0 saturated heterocycles. The lowest BCUT2D eigenvalue weighted by atomic mass is 9.92. The van der Waals surface area contributed by atoms with E-state index >= 15 is 0 Å². The molecule has 2 rings (SSSR count). The van der Waals surface area contributed by atoms with Crippen LogP contribution in [0.15, 0.2) is 22.7 Å². The van der Waals surface area contributed by atoms with E-state index in [0.29, 0.717) is 0 Å². The number of hydrogen-bond acceptors (Lipinski definition) is 2. The van der Waals surface area contributed by atoms with Crippen molar-refractivity contribution in [1.29, 1.82) is 0 Å². The summed E-state index contributed by atoms with van der Waals surface area (Å²) < 4.78 is 1.13. The first kappa shape index (κ1) is 9.19. The number of nitrogens with one attached hydrogen (secondary N) is 1. The van der Waals surface area contributed by atoms with Gasteiger partial charge in [0.05, 0.1) is 6.61 Å².